The van der Waals surface area contributed by atoms with Crippen LogP contribution in [0, 0.1) is 0 Å². The molecule has 1 saturated carbocycles. The Labute approximate surface area is 224 Å². The first-order chi connectivity index (χ1) is 17.7. The van der Waals surface area contributed by atoms with Crippen molar-refractivity contribution in [1.29, 1.82) is 0 Å². The van der Waals surface area contributed by atoms with E-state index in [4.69, 9.17) is 0 Å². The fraction of sp³-hybridized carbons (Fsp3) is 0.938. The summed E-state index contributed by atoms with van der Waals surface area (Å²) in [4.78, 5) is 25.1. The molecule has 0 spiro atoms. The quantitative estimate of drug-likeness (QED) is 0.128. The Morgan fingerprint density at radius 2 is 0.750 bits per heavy atom. The average Bonchev–Trinajstić information content (AvgIpc) is 2.87. The first kappa shape index (κ1) is 33.0. The van der Waals surface area contributed by atoms with Crippen LogP contribution in [0.25, 0.3) is 0 Å². The zero-order chi connectivity index (χ0) is 26.1. The molecule has 0 radical (unpaired) electrons. The molecule has 0 heterocycles. The van der Waals surface area contributed by atoms with Gasteiger partial charge in [0, 0.05) is 24.9 Å². The molecule has 0 aromatic rings. The maximum atomic E-state index is 12.5. The minimum absolute atomic E-state index is 0.117. The van der Waals surface area contributed by atoms with Crippen LogP contribution < -0.4 is 10.6 Å². The Kier molecular flexibility index (Phi) is 22.2. The van der Waals surface area contributed by atoms with Gasteiger partial charge >= 0.3 is 0 Å². The Morgan fingerprint density at radius 3 is 1.06 bits per heavy atom. The summed E-state index contributed by atoms with van der Waals surface area (Å²) in [5, 5.41) is 6.52. The number of hydrogen-bond acceptors (Lipinski definition) is 2. The number of hydrogen-bond donors (Lipinski definition) is 2. The van der Waals surface area contributed by atoms with Gasteiger partial charge in [-0.2, -0.15) is 0 Å². The van der Waals surface area contributed by atoms with Crippen molar-refractivity contribution >= 4 is 11.8 Å². The van der Waals surface area contributed by atoms with E-state index in [-0.39, 0.29) is 23.9 Å². The first-order valence-electron chi connectivity index (χ1n) is 16.3. The van der Waals surface area contributed by atoms with Crippen molar-refractivity contribution in [2.75, 3.05) is 0 Å². The maximum Gasteiger partial charge on any atom is 0.220 e. The lowest BCUT2D eigenvalue weighted by Gasteiger charge is -2.33. The minimum atomic E-state index is 0.117. The van der Waals surface area contributed by atoms with E-state index in [2.05, 4.69) is 24.5 Å². The summed E-state index contributed by atoms with van der Waals surface area (Å²) in [7, 11) is 0. The molecule has 2 N–H and O–H groups in total. The Hall–Kier alpha value is -1.06. The van der Waals surface area contributed by atoms with Crippen LogP contribution in [0.3, 0.4) is 0 Å². The number of nitrogens with one attached hydrogen (secondary N) is 2. The summed E-state index contributed by atoms with van der Waals surface area (Å²) in [6.07, 6.45) is 31.3. The van der Waals surface area contributed by atoms with E-state index in [1.54, 1.807) is 0 Å². The second-order valence-electron chi connectivity index (χ2n) is 11.5. The van der Waals surface area contributed by atoms with Gasteiger partial charge in [0.15, 0.2) is 0 Å². The van der Waals surface area contributed by atoms with Gasteiger partial charge in [-0.05, 0) is 25.7 Å². The van der Waals surface area contributed by atoms with Crippen molar-refractivity contribution in [3.05, 3.63) is 0 Å². The molecule has 4 nitrogen and oxygen atoms in total. The van der Waals surface area contributed by atoms with Gasteiger partial charge in [0.25, 0.3) is 0 Å². The van der Waals surface area contributed by atoms with Gasteiger partial charge in [0.2, 0.25) is 11.8 Å². The highest BCUT2D eigenvalue weighted by Crippen LogP contribution is 2.20. The molecule has 0 saturated heterocycles. The molecular formula is C32H62N2O2. The molecule has 0 bridgehead atoms. The Morgan fingerprint density at radius 1 is 0.472 bits per heavy atom. The van der Waals surface area contributed by atoms with Gasteiger partial charge in [-0.15, -0.1) is 0 Å². The van der Waals surface area contributed by atoms with E-state index in [9.17, 15) is 9.59 Å². The van der Waals surface area contributed by atoms with Crippen LogP contribution in [0.15, 0.2) is 0 Å². The zero-order valence-corrected chi connectivity index (χ0v) is 24.4. The fourth-order valence-electron chi connectivity index (χ4n) is 5.58. The fourth-order valence-corrected chi connectivity index (χ4v) is 5.58. The molecule has 2 amide bonds. The largest absolute Gasteiger partial charge is 0.351 e. The maximum absolute atomic E-state index is 12.5. The molecule has 2 unspecified atom stereocenters. The predicted molar refractivity (Wildman–Crippen MR) is 155 cm³/mol. The normalized spacial score (nSPS) is 17.7. The molecular weight excluding hydrogens is 444 g/mol. The van der Waals surface area contributed by atoms with E-state index < -0.39 is 0 Å². The summed E-state index contributed by atoms with van der Waals surface area (Å²) in [6.45, 7) is 4.53. The van der Waals surface area contributed by atoms with Gasteiger partial charge in [-0.25, -0.2) is 0 Å². The Balaban J connectivity index is 2.07. The number of rotatable bonds is 24. The van der Waals surface area contributed by atoms with E-state index in [1.165, 1.54) is 103 Å². The molecule has 1 fully saturated rings. The van der Waals surface area contributed by atoms with Crippen molar-refractivity contribution in [1.82, 2.24) is 10.6 Å². The van der Waals surface area contributed by atoms with Gasteiger partial charge in [-0.1, -0.05) is 142 Å². The molecule has 212 valence electrons. The van der Waals surface area contributed by atoms with Crippen LogP contribution in [-0.2, 0) is 9.59 Å². The van der Waals surface area contributed by atoms with Gasteiger partial charge in [-0.3, -0.25) is 9.59 Å². The third-order valence-electron chi connectivity index (χ3n) is 7.97. The van der Waals surface area contributed by atoms with Crippen LogP contribution in [0.4, 0.5) is 0 Å². The summed E-state index contributed by atoms with van der Waals surface area (Å²) in [5.74, 6) is 0.353. The van der Waals surface area contributed by atoms with Crippen LogP contribution in [0.5, 0.6) is 0 Å². The first-order valence-corrected chi connectivity index (χ1v) is 16.3. The van der Waals surface area contributed by atoms with Crippen LogP contribution >= 0.6 is 0 Å². The highest BCUT2D eigenvalue weighted by Gasteiger charge is 2.27. The third-order valence-corrected chi connectivity index (χ3v) is 7.97. The topological polar surface area (TPSA) is 58.2 Å². The Bertz CT molecular complexity index is 476. The number of carbonyl (C=O) groups is 2. The molecule has 1 rings (SSSR count). The number of carbonyl (C=O) groups excluding carboxylic acids is 2. The van der Waals surface area contributed by atoms with E-state index >= 15 is 0 Å². The molecule has 1 aliphatic rings. The summed E-state index contributed by atoms with van der Waals surface area (Å²) in [5.41, 5.74) is 0. The molecule has 0 aromatic carbocycles. The van der Waals surface area contributed by atoms with Crippen LogP contribution in [0.2, 0.25) is 0 Å². The van der Waals surface area contributed by atoms with Crippen molar-refractivity contribution in [3.8, 4) is 0 Å². The lowest BCUT2D eigenvalue weighted by molar-refractivity contribution is -0.125. The third kappa shape index (κ3) is 19.1. The minimum Gasteiger partial charge on any atom is -0.351 e. The molecule has 0 aliphatic heterocycles. The molecule has 0 aromatic heterocycles. The van der Waals surface area contributed by atoms with Crippen molar-refractivity contribution in [3.63, 3.8) is 0 Å². The summed E-state index contributed by atoms with van der Waals surface area (Å²) >= 11 is 0. The monoisotopic (exact) mass is 506 g/mol. The standard InChI is InChI=1S/C32H62N2O2/c1-3-5-7-9-11-13-15-17-19-21-27-31(35)33-29-25-23-24-26-30(29)34-32(36)28-22-20-18-16-14-12-10-8-6-4-2/h29-30H,3-28H2,1-2H3,(H,33,35)(H,34,36). The predicted octanol–water partition coefficient (Wildman–Crippen LogP) is 9.15. The second-order valence-corrected chi connectivity index (χ2v) is 11.5. The molecule has 2 atom stereocenters. The smallest absolute Gasteiger partial charge is 0.220 e. The summed E-state index contributed by atoms with van der Waals surface area (Å²) in [6, 6.07) is 0.233. The van der Waals surface area contributed by atoms with Gasteiger partial charge in [0.05, 0.1) is 0 Å². The van der Waals surface area contributed by atoms with Crippen molar-refractivity contribution in [2.45, 2.75) is 193 Å². The second kappa shape index (κ2) is 24.3. The molecule has 36 heavy (non-hydrogen) atoms. The zero-order valence-electron chi connectivity index (χ0n) is 24.4. The molecule has 4 heteroatoms. The van der Waals surface area contributed by atoms with E-state index in [0.29, 0.717) is 12.8 Å². The molecule has 1 aliphatic carbocycles. The highest BCUT2D eigenvalue weighted by molar-refractivity contribution is 5.77. The van der Waals surface area contributed by atoms with Crippen molar-refractivity contribution < 1.29 is 9.59 Å². The van der Waals surface area contributed by atoms with E-state index in [0.717, 1.165) is 51.4 Å². The lowest BCUT2D eigenvalue weighted by atomic mass is 9.90. The summed E-state index contributed by atoms with van der Waals surface area (Å²) < 4.78 is 0. The van der Waals surface area contributed by atoms with Crippen molar-refractivity contribution in [2.24, 2.45) is 0 Å². The van der Waals surface area contributed by atoms with Gasteiger partial charge < -0.3 is 10.6 Å². The van der Waals surface area contributed by atoms with Gasteiger partial charge in [0.1, 0.15) is 0 Å². The average molecular weight is 507 g/mol. The number of unbranched alkanes of at least 4 members (excludes halogenated alkanes) is 18. The van der Waals surface area contributed by atoms with E-state index in [1.807, 2.05) is 0 Å². The van der Waals surface area contributed by atoms with Crippen LogP contribution in [0.1, 0.15) is 181 Å². The number of amides is 2. The lowest BCUT2D eigenvalue weighted by Crippen LogP contribution is -2.53. The van der Waals surface area contributed by atoms with Crippen LogP contribution in [-0.4, -0.2) is 23.9 Å². The highest BCUT2D eigenvalue weighted by atomic mass is 16.2. The SMILES string of the molecule is CCCCCCCCCCCCC(=O)NC1CCCCC1NC(=O)CCCCCCCCCCCC.